The van der Waals surface area contributed by atoms with Crippen molar-refractivity contribution in [3.05, 3.63) is 42.7 Å². The maximum atomic E-state index is 14.3. The number of halogens is 1. The van der Waals surface area contributed by atoms with Crippen molar-refractivity contribution in [2.75, 3.05) is 18.9 Å². The molecule has 2 aliphatic rings. The third-order valence-corrected chi connectivity index (χ3v) is 9.64. The standard InChI is InChI=1S/C31H38FN6O8P/c1-5-31(25(45-28(39)19(2)3)23(16-42-31)38-18-34-24-26(33)35-30(32)36-27(24)38)17-43-47(41,46-22-14-10-7-11-15-22)37-20(4)29(40)44-21-12-8-6-9-13-21/h1,7,10-11,14-15,18-21,23,25H,6,8-9,12-13,16-17H2,2-4H3,(H,37,41)(H2,33,35,36)/t20-,23?,25-,31+,47+/m0/s1. The fourth-order valence-electron chi connectivity index (χ4n) is 5.45. The number of aromatic nitrogens is 4. The predicted octanol–water partition coefficient (Wildman–Crippen LogP) is 4.12. The summed E-state index contributed by atoms with van der Waals surface area (Å²) in [6.45, 7) is 3.98. The van der Waals surface area contributed by atoms with E-state index in [0.717, 1.165) is 32.1 Å². The topological polar surface area (TPSA) is 179 Å². The van der Waals surface area contributed by atoms with Crippen molar-refractivity contribution in [3.8, 4) is 18.1 Å². The van der Waals surface area contributed by atoms with Crippen LogP contribution in [0.15, 0.2) is 36.7 Å². The Kier molecular flexibility index (Phi) is 10.5. The van der Waals surface area contributed by atoms with Crippen molar-refractivity contribution >= 4 is 36.7 Å². The highest BCUT2D eigenvalue weighted by molar-refractivity contribution is 7.52. The van der Waals surface area contributed by atoms with Crippen LogP contribution in [0.1, 0.15) is 58.9 Å². The molecular formula is C31H38FN6O8P. The van der Waals surface area contributed by atoms with Crippen LogP contribution in [0.2, 0.25) is 0 Å². The van der Waals surface area contributed by atoms with Crippen LogP contribution < -0.4 is 15.3 Å². The summed E-state index contributed by atoms with van der Waals surface area (Å²) in [6.07, 6.45) is 9.28. The van der Waals surface area contributed by atoms with Gasteiger partial charge in [-0.2, -0.15) is 19.4 Å². The number of esters is 2. The normalized spacial score (nSPS) is 23.6. The van der Waals surface area contributed by atoms with Crippen molar-refractivity contribution < 1.29 is 41.8 Å². The molecule has 14 nitrogen and oxygen atoms in total. The van der Waals surface area contributed by atoms with Gasteiger partial charge in [0, 0.05) is 0 Å². The Bertz CT molecular complexity index is 1680. The van der Waals surface area contributed by atoms with Gasteiger partial charge in [-0.25, -0.2) is 9.55 Å². The van der Waals surface area contributed by atoms with Gasteiger partial charge >= 0.3 is 25.8 Å². The fraction of sp³-hybridized carbons (Fsp3) is 0.516. The first-order chi connectivity index (χ1) is 22.4. The van der Waals surface area contributed by atoms with Gasteiger partial charge in [0.2, 0.25) is 0 Å². The van der Waals surface area contributed by atoms with Crippen LogP contribution in [0.25, 0.3) is 11.2 Å². The second-order valence-electron chi connectivity index (χ2n) is 11.8. The summed E-state index contributed by atoms with van der Waals surface area (Å²) in [7, 11) is -4.40. The number of terminal acetylenes is 1. The Balaban J connectivity index is 1.43. The molecule has 0 radical (unpaired) electrons. The number of nitrogens with two attached hydrogens (primary N) is 1. The molecule has 5 rings (SSSR count). The first kappa shape index (κ1) is 34.3. The largest absolute Gasteiger partial charge is 0.461 e. The number of ether oxygens (including phenoxy) is 3. The molecule has 1 unspecified atom stereocenters. The van der Waals surface area contributed by atoms with Gasteiger partial charge in [0.25, 0.3) is 0 Å². The highest BCUT2D eigenvalue weighted by Crippen LogP contribution is 2.48. The maximum Gasteiger partial charge on any atom is 0.459 e. The fourth-order valence-corrected chi connectivity index (χ4v) is 6.97. The summed E-state index contributed by atoms with van der Waals surface area (Å²) < 4.78 is 59.3. The number of fused-ring (bicyclic) bond motifs is 1. The van der Waals surface area contributed by atoms with Gasteiger partial charge in [0.15, 0.2) is 23.2 Å². The van der Waals surface area contributed by atoms with E-state index in [2.05, 4.69) is 26.0 Å². The van der Waals surface area contributed by atoms with Gasteiger partial charge in [0.1, 0.15) is 36.1 Å². The lowest BCUT2D eigenvalue weighted by Gasteiger charge is -2.33. The highest BCUT2D eigenvalue weighted by Gasteiger charge is 2.55. The number of para-hydroxylation sites is 1. The number of anilines is 1. The molecule has 3 N–H and O–H groups in total. The highest BCUT2D eigenvalue weighted by atomic mass is 31.2. The number of benzene rings is 1. The number of rotatable bonds is 12. The number of carbonyl (C=O) groups excluding carboxylic acids is 2. The van der Waals surface area contributed by atoms with Crippen LogP contribution in [0.4, 0.5) is 10.2 Å². The van der Waals surface area contributed by atoms with E-state index < -0.39 is 62.1 Å². The molecular weight excluding hydrogens is 634 g/mol. The van der Waals surface area contributed by atoms with Crippen molar-refractivity contribution in [1.82, 2.24) is 24.6 Å². The molecule has 1 aliphatic heterocycles. The number of hydrogen-bond acceptors (Lipinski definition) is 12. The summed E-state index contributed by atoms with van der Waals surface area (Å²) in [4.78, 5) is 37.5. The molecule has 47 heavy (non-hydrogen) atoms. The number of carbonyl (C=O) groups is 2. The zero-order chi connectivity index (χ0) is 33.8. The molecule has 1 aromatic carbocycles. The first-order valence-corrected chi connectivity index (χ1v) is 16.9. The molecule has 0 spiro atoms. The van der Waals surface area contributed by atoms with E-state index in [1.165, 1.54) is 17.8 Å². The van der Waals surface area contributed by atoms with E-state index in [9.17, 15) is 18.5 Å². The van der Waals surface area contributed by atoms with Crippen molar-refractivity contribution in [3.63, 3.8) is 0 Å². The minimum absolute atomic E-state index is 0.0213. The van der Waals surface area contributed by atoms with Crippen molar-refractivity contribution in [2.45, 2.75) is 82.8 Å². The SMILES string of the molecule is C#C[C@]1(CO[P@](=O)(N[C@@H](C)C(=O)OC2CCCCC2)Oc2ccccc2)OCC(n2cnc3c(N)nc(F)nc32)[C@@H]1OC(=O)C(C)C. The van der Waals surface area contributed by atoms with E-state index in [1.807, 2.05) is 0 Å². The zero-order valence-electron chi connectivity index (χ0n) is 26.3. The smallest absolute Gasteiger partial charge is 0.459 e. The number of hydrogen-bond donors (Lipinski definition) is 2. The Hall–Kier alpha value is -4.09. The zero-order valence-corrected chi connectivity index (χ0v) is 27.2. The van der Waals surface area contributed by atoms with E-state index in [4.69, 9.17) is 35.4 Å². The van der Waals surface area contributed by atoms with E-state index in [-0.39, 0.29) is 35.4 Å². The van der Waals surface area contributed by atoms with Gasteiger partial charge in [-0.15, -0.1) is 6.42 Å². The average molecular weight is 673 g/mol. The minimum atomic E-state index is -4.40. The van der Waals surface area contributed by atoms with Crippen molar-refractivity contribution in [1.29, 1.82) is 0 Å². The monoisotopic (exact) mass is 672 g/mol. The maximum absolute atomic E-state index is 14.3. The lowest BCUT2D eigenvalue weighted by molar-refractivity contribution is -0.162. The molecule has 1 saturated carbocycles. The van der Waals surface area contributed by atoms with Crippen LogP contribution >= 0.6 is 7.75 Å². The molecule has 252 valence electrons. The molecule has 1 saturated heterocycles. The number of nitrogens with one attached hydrogen (secondary N) is 1. The van der Waals surface area contributed by atoms with Crippen LogP contribution in [0, 0.1) is 24.3 Å². The molecule has 0 bridgehead atoms. The molecule has 1 aliphatic carbocycles. The van der Waals surface area contributed by atoms with Gasteiger partial charge in [0.05, 0.1) is 18.9 Å². The van der Waals surface area contributed by atoms with Gasteiger partial charge in [-0.3, -0.25) is 14.1 Å². The van der Waals surface area contributed by atoms with Crippen LogP contribution in [0.5, 0.6) is 5.75 Å². The Morgan fingerprint density at radius 2 is 1.89 bits per heavy atom. The predicted molar refractivity (Wildman–Crippen MR) is 167 cm³/mol. The summed E-state index contributed by atoms with van der Waals surface area (Å²) in [5, 5.41) is 2.66. The quantitative estimate of drug-likeness (QED) is 0.122. The Labute approximate surface area is 271 Å². The summed E-state index contributed by atoms with van der Waals surface area (Å²) in [5.74, 6) is 0.715. The lowest BCUT2D eigenvalue weighted by Crippen LogP contribution is -2.48. The number of nitrogens with zero attached hydrogens (tertiary/aromatic N) is 4. The average Bonchev–Trinajstić information content (AvgIpc) is 3.62. The third-order valence-electron chi connectivity index (χ3n) is 8.02. The van der Waals surface area contributed by atoms with Crippen LogP contribution in [0.3, 0.4) is 0 Å². The van der Waals surface area contributed by atoms with Gasteiger partial charge in [-0.05, 0) is 44.7 Å². The molecule has 2 aromatic heterocycles. The summed E-state index contributed by atoms with van der Waals surface area (Å²) in [6, 6.07) is 6.22. The molecule has 0 amide bonds. The van der Waals surface area contributed by atoms with Gasteiger partial charge < -0.3 is 29.0 Å². The first-order valence-electron chi connectivity index (χ1n) is 15.4. The second-order valence-corrected chi connectivity index (χ2v) is 13.5. The Morgan fingerprint density at radius 1 is 1.17 bits per heavy atom. The van der Waals surface area contributed by atoms with Crippen LogP contribution in [-0.4, -0.2) is 68.5 Å². The second kappa shape index (κ2) is 14.4. The molecule has 2 fully saturated rings. The third kappa shape index (κ3) is 7.73. The molecule has 3 aromatic rings. The van der Waals surface area contributed by atoms with Crippen LogP contribution in [-0.2, 0) is 32.9 Å². The Morgan fingerprint density at radius 3 is 2.57 bits per heavy atom. The van der Waals surface area contributed by atoms with Crippen molar-refractivity contribution in [2.24, 2.45) is 5.92 Å². The van der Waals surface area contributed by atoms with E-state index in [1.54, 1.807) is 44.2 Å². The molecule has 16 heteroatoms. The number of nitrogen functional groups attached to an aromatic ring is 1. The summed E-state index contributed by atoms with van der Waals surface area (Å²) >= 11 is 0. The van der Waals surface area contributed by atoms with Gasteiger partial charge in [-0.1, -0.05) is 44.4 Å². The minimum Gasteiger partial charge on any atom is -0.461 e. The molecule has 5 atom stereocenters. The molecule has 3 heterocycles. The van der Waals surface area contributed by atoms with E-state index in [0.29, 0.717) is 0 Å². The number of imidazole rings is 1. The van der Waals surface area contributed by atoms with E-state index >= 15 is 0 Å². The lowest BCUT2D eigenvalue weighted by atomic mass is 9.95. The summed E-state index contributed by atoms with van der Waals surface area (Å²) in [5.41, 5.74) is 4.17.